The van der Waals surface area contributed by atoms with E-state index >= 15 is 0 Å². The molecular weight excluding hydrogens is 176 g/mol. The molecule has 0 aliphatic rings. The molecular formula is C10H22N4. The van der Waals surface area contributed by atoms with E-state index in [0.29, 0.717) is 0 Å². The van der Waals surface area contributed by atoms with Crippen molar-refractivity contribution in [1.82, 2.24) is 0 Å². The van der Waals surface area contributed by atoms with Gasteiger partial charge in [0.2, 0.25) is 0 Å². The van der Waals surface area contributed by atoms with Crippen LogP contribution in [0, 0.1) is 0 Å². The van der Waals surface area contributed by atoms with Gasteiger partial charge in [-0.15, -0.1) is 13.2 Å². The van der Waals surface area contributed by atoms with Gasteiger partial charge in [-0.3, -0.25) is 0 Å². The van der Waals surface area contributed by atoms with E-state index in [2.05, 4.69) is 13.2 Å². The Hall–Kier alpha value is -0.680. The second kappa shape index (κ2) is 6.73. The van der Waals surface area contributed by atoms with Crippen LogP contribution in [-0.2, 0) is 0 Å². The molecule has 0 radical (unpaired) electrons. The number of nitrogens with two attached hydrogens (primary N) is 4. The fraction of sp³-hybridized carbons (Fsp3) is 0.600. The van der Waals surface area contributed by atoms with Crippen LogP contribution >= 0.6 is 0 Å². The first-order chi connectivity index (χ1) is 6.52. The minimum Gasteiger partial charge on any atom is -0.326 e. The van der Waals surface area contributed by atoms with E-state index in [4.69, 9.17) is 22.9 Å². The molecule has 0 bridgehead atoms. The molecule has 0 rings (SSSR count). The van der Waals surface area contributed by atoms with Crippen molar-refractivity contribution >= 4 is 0 Å². The number of hydrogen-bond acceptors (Lipinski definition) is 4. The lowest BCUT2D eigenvalue weighted by Crippen LogP contribution is -2.44. The Kier molecular flexibility index (Phi) is 6.40. The van der Waals surface area contributed by atoms with Gasteiger partial charge in [0.1, 0.15) is 0 Å². The summed E-state index contributed by atoms with van der Waals surface area (Å²) in [4.78, 5) is 0. The van der Waals surface area contributed by atoms with Crippen molar-refractivity contribution in [2.45, 2.75) is 37.0 Å². The Morgan fingerprint density at radius 2 is 1.07 bits per heavy atom. The maximum absolute atomic E-state index is 5.80. The fourth-order valence-electron chi connectivity index (χ4n) is 1.12. The minimum atomic E-state index is -0.179. The molecule has 4 atom stereocenters. The highest BCUT2D eigenvalue weighted by Crippen LogP contribution is 2.04. The van der Waals surface area contributed by atoms with Gasteiger partial charge in [0.25, 0.3) is 0 Å². The summed E-state index contributed by atoms with van der Waals surface area (Å²) in [6.45, 7) is 7.17. The standard InChI is InChI=1S/C10H22N4/c1-3-7(11)9(13)5-6-10(14)8(12)4-2/h3-4,7-10H,1-2,5-6,11-14H2/t7-,8-,9-,10-/m1/s1. The molecule has 0 aromatic heterocycles. The van der Waals surface area contributed by atoms with E-state index in [9.17, 15) is 0 Å². The molecule has 82 valence electrons. The van der Waals surface area contributed by atoms with Gasteiger partial charge in [0.15, 0.2) is 0 Å². The van der Waals surface area contributed by atoms with E-state index in [-0.39, 0.29) is 24.2 Å². The maximum atomic E-state index is 5.80. The Bertz CT molecular complexity index is 161. The van der Waals surface area contributed by atoms with Crippen LogP contribution in [0.15, 0.2) is 25.3 Å². The zero-order chi connectivity index (χ0) is 11.1. The van der Waals surface area contributed by atoms with Gasteiger partial charge in [-0.25, -0.2) is 0 Å². The van der Waals surface area contributed by atoms with Gasteiger partial charge in [-0.05, 0) is 12.8 Å². The van der Waals surface area contributed by atoms with Crippen LogP contribution in [-0.4, -0.2) is 24.2 Å². The normalized spacial score (nSPS) is 19.4. The molecule has 0 fully saturated rings. The summed E-state index contributed by atoms with van der Waals surface area (Å²) in [7, 11) is 0. The van der Waals surface area contributed by atoms with Crippen LogP contribution in [0.5, 0.6) is 0 Å². The van der Waals surface area contributed by atoms with Crippen molar-refractivity contribution < 1.29 is 0 Å². The summed E-state index contributed by atoms with van der Waals surface area (Å²) < 4.78 is 0. The third kappa shape index (κ3) is 4.53. The zero-order valence-corrected chi connectivity index (χ0v) is 8.60. The first-order valence-corrected chi connectivity index (χ1v) is 4.80. The molecule has 4 nitrogen and oxygen atoms in total. The quantitative estimate of drug-likeness (QED) is 0.412. The SMILES string of the molecule is C=C[C@@H](N)[C@H](N)CC[C@@H](N)[C@H](N)C=C. The summed E-state index contributed by atoms with van der Waals surface area (Å²) in [5.74, 6) is 0. The van der Waals surface area contributed by atoms with E-state index < -0.39 is 0 Å². The van der Waals surface area contributed by atoms with Gasteiger partial charge in [-0.1, -0.05) is 12.2 Å². The Labute approximate surface area is 86.0 Å². The molecule has 0 saturated carbocycles. The summed E-state index contributed by atoms with van der Waals surface area (Å²) in [5.41, 5.74) is 23.0. The van der Waals surface area contributed by atoms with Crippen LogP contribution < -0.4 is 22.9 Å². The number of rotatable bonds is 7. The Balaban J connectivity index is 3.81. The van der Waals surface area contributed by atoms with Gasteiger partial charge in [-0.2, -0.15) is 0 Å². The maximum Gasteiger partial charge on any atom is 0.0375 e. The van der Waals surface area contributed by atoms with Crippen LogP contribution in [0.3, 0.4) is 0 Å². The van der Waals surface area contributed by atoms with Crippen molar-refractivity contribution in [3.05, 3.63) is 25.3 Å². The molecule has 14 heavy (non-hydrogen) atoms. The van der Waals surface area contributed by atoms with E-state index in [0.717, 1.165) is 12.8 Å². The highest BCUT2D eigenvalue weighted by Gasteiger charge is 2.14. The molecule has 0 aromatic carbocycles. The van der Waals surface area contributed by atoms with Crippen LogP contribution in [0.4, 0.5) is 0 Å². The molecule has 0 heterocycles. The first-order valence-electron chi connectivity index (χ1n) is 4.80. The van der Waals surface area contributed by atoms with E-state index in [1.54, 1.807) is 12.2 Å². The van der Waals surface area contributed by atoms with E-state index in [1.165, 1.54) is 0 Å². The molecule has 0 spiro atoms. The van der Waals surface area contributed by atoms with Gasteiger partial charge < -0.3 is 22.9 Å². The molecule has 0 aliphatic carbocycles. The number of hydrogen-bond donors (Lipinski definition) is 4. The molecule has 0 aliphatic heterocycles. The molecule has 0 aromatic rings. The van der Waals surface area contributed by atoms with Gasteiger partial charge in [0.05, 0.1) is 0 Å². The lowest BCUT2D eigenvalue weighted by Gasteiger charge is -2.21. The smallest absolute Gasteiger partial charge is 0.0375 e. The Morgan fingerprint density at radius 3 is 1.29 bits per heavy atom. The first kappa shape index (κ1) is 13.3. The van der Waals surface area contributed by atoms with Crippen LogP contribution in [0.25, 0.3) is 0 Å². The highest BCUT2D eigenvalue weighted by atomic mass is 14.8. The van der Waals surface area contributed by atoms with Crippen molar-refractivity contribution in [2.75, 3.05) is 0 Å². The summed E-state index contributed by atoms with van der Waals surface area (Å²) in [6.07, 6.45) is 4.78. The lowest BCUT2D eigenvalue weighted by atomic mass is 9.98. The average Bonchev–Trinajstić information content (AvgIpc) is 2.22. The third-order valence-corrected chi connectivity index (χ3v) is 2.37. The van der Waals surface area contributed by atoms with Crippen molar-refractivity contribution in [2.24, 2.45) is 22.9 Å². The lowest BCUT2D eigenvalue weighted by molar-refractivity contribution is 0.470. The highest BCUT2D eigenvalue weighted by molar-refractivity contribution is 4.94. The van der Waals surface area contributed by atoms with E-state index in [1.807, 2.05) is 0 Å². The van der Waals surface area contributed by atoms with Gasteiger partial charge >= 0.3 is 0 Å². The molecule has 8 N–H and O–H groups in total. The predicted octanol–water partition coefficient (Wildman–Crippen LogP) is -0.552. The summed E-state index contributed by atoms with van der Waals surface area (Å²) in [5, 5.41) is 0. The third-order valence-electron chi connectivity index (χ3n) is 2.37. The molecule has 0 unspecified atom stereocenters. The molecule has 0 amide bonds. The summed E-state index contributed by atoms with van der Waals surface area (Å²) >= 11 is 0. The zero-order valence-electron chi connectivity index (χ0n) is 8.60. The summed E-state index contributed by atoms with van der Waals surface area (Å²) in [6, 6.07) is -0.560. The largest absolute Gasteiger partial charge is 0.326 e. The second-order valence-electron chi connectivity index (χ2n) is 3.53. The topological polar surface area (TPSA) is 104 Å². The van der Waals surface area contributed by atoms with Crippen molar-refractivity contribution in [1.29, 1.82) is 0 Å². The van der Waals surface area contributed by atoms with Crippen molar-refractivity contribution in [3.8, 4) is 0 Å². The van der Waals surface area contributed by atoms with Crippen LogP contribution in [0.1, 0.15) is 12.8 Å². The molecule has 4 heteroatoms. The second-order valence-corrected chi connectivity index (χ2v) is 3.53. The van der Waals surface area contributed by atoms with Crippen LogP contribution in [0.2, 0.25) is 0 Å². The van der Waals surface area contributed by atoms with Gasteiger partial charge in [0, 0.05) is 24.2 Å². The average molecular weight is 198 g/mol. The van der Waals surface area contributed by atoms with Crippen molar-refractivity contribution in [3.63, 3.8) is 0 Å². The Morgan fingerprint density at radius 1 is 0.786 bits per heavy atom. The predicted molar refractivity (Wildman–Crippen MR) is 61.5 cm³/mol. The minimum absolute atomic E-state index is 0.101. The fourth-order valence-corrected chi connectivity index (χ4v) is 1.12. The monoisotopic (exact) mass is 198 g/mol. The molecule has 0 saturated heterocycles.